The number of Topliss-reactive ketones (excluding diaryl/α,β-unsaturated/α-hetero) is 1. The average molecular weight is 417 g/mol. The lowest BCUT2D eigenvalue weighted by Gasteiger charge is -2.18. The molecule has 1 N–H and O–H groups in total. The van der Waals surface area contributed by atoms with Crippen LogP contribution >= 0.6 is 0 Å². The minimum Gasteiger partial charge on any atom is -0.451 e. The summed E-state index contributed by atoms with van der Waals surface area (Å²) < 4.78 is 20.9. The highest BCUT2D eigenvalue weighted by Gasteiger charge is 2.23. The summed E-state index contributed by atoms with van der Waals surface area (Å²) in [6.45, 7) is 1.50. The van der Waals surface area contributed by atoms with Crippen molar-refractivity contribution in [1.29, 1.82) is 0 Å². The predicted octanol–water partition coefficient (Wildman–Crippen LogP) is 4.54. The Bertz CT molecular complexity index is 1220. The first kappa shape index (κ1) is 20.3. The van der Waals surface area contributed by atoms with E-state index in [0.717, 1.165) is 5.56 Å². The van der Waals surface area contributed by atoms with Crippen molar-refractivity contribution in [2.45, 2.75) is 13.0 Å². The number of aryl methyl sites for hydroxylation is 1. The highest BCUT2D eigenvalue weighted by Crippen LogP contribution is 2.25. The fourth-order valence-corrected chi connectivity index (χ4v) is 3.29. The Hall–Kier alpha value is -4.00. The SMILES string of the molecule is CC(=O)c1ccc(-c2ccc(C(=O)NC(c3ccc(F)cc3)c3nccn3C)o2)cc1. The summed E-state index contributed by atoms with van der Waals surface area (Å²) in [6, 6.07) is 15.6. The maximum Gasteiger partial charge on any atom is 0.287 e. The number of carbonyl (C=O) groups excluding carboxylic acids is 2. The number of hydrogen-bond acceptors (Lipinski definition) is 4. The fraction of sp³-hybridized carbons (Fsp3) is 0.125. The van der Waals surface area contributed by atoms with E-state index >= 15 is 0 Å². The molecule has 7 heteroatoms. The van der Waals surface area contributed by atoms with Gasteiger partial charge in [-0.05, 0) is 36.8 Å². The van der Waals surface area contributed by atoms with Crippen LogP contribution in [0.3, 0.4) is 0 Å². The van der Waals surface area contributed by atoms with Gasteiger partial charge in [0.2, 0.25) is 0 Å². The quantitative estimate of drug-likeness (QED) is 0.467. The first-order valence-corrected chi connectivity index (χ1v) is 9.67. The van der Waals surface area contributed by atoms with E-state index in [1.165, 1.54) is 19.1 Å². The summed E-state index contributed by atoms with van der Waals surface area (Å²) in [5.41, 5.74) is 2.05. The molecule has 156 valence electrons. The average Bonchev–Trinajstić information content (AvgIpc) is 3.42. The van der Waals surface area contributed by atoms with Gasteiger partial charge in [0.15, 0.2) is 11.5 Å². The van der Waals surface area contributed by atoms with E-state index in [-0.39, 0.29) is 17.4 Å². The number of benzene rings is 2. The van der Waals surface area contributed by atoms with E-state index in [1.807, 2.05) is 7.05 Å². The number of hydrogen-bond donors (Lipinski definition) is 1. The monoisotopic (exact) mass is 417 g/mol. The summed E-state index contributed by atoms with van der Waals surface area (Å²) in [7, 11) is 1.82. The predicted molar refractivity (Wildman–Crippen MR) is 113 cm³/mol. The van der Waals surface area contributed by atoms with Crippen molar-refractivity contribution < 1.29 is 18.4 Å². The van der Waals surface area contributed by atoms with Gasteiger partial charge in [-0.25, -0.2) is 9.37 Å². The van der Waals surface area contributed by atoms with Crippen molar-refractivity contribution in [2.75, 3.05) is 0 Å². The van der Waals surface area contributed by atoms with E-state index in [9.17, 15) is 14.0 Å². The number of carbonyl (C=O) groups is 2. The number of nitrogens with one attached hydrogen (secondary N) is 1. The van der Waals surface area contributed by atoms with Crippen LogP contribution < -0.4 is 5.32 Å². The van der Waals surface area contributed by atoms with Crippen LogP contribution in [0.5, 0.6) is 0 Å². The third-order valence-corrected chi connectivity index (χ3v) is 5.00. The number of imidazole rings is 1. The van der Waals surface area contributed by atoms with Gasteiger partial charge < -0.3 is 14.3 Å². The molecule has 6 nitrogen and oxygen atoms in total. The standard InChI is InChI=1S/C24H20FN3O3/c1-15(29)16-3-5-17(6-4-16)20-11-12-21(31-20)24(30)27-22(23-26-13-14-28(23)2)18-7-9-19(25)10-8-18/h3-14,22H,1-2H3,(H,27,30). The van der Waals surface area contributed by atoms with E-state index in [4.69, 9.17) is 4.42 Å². The highest BCUT2D eigenvalue weighted by molar-refractivity contribution is 5.94. The minimum atomic E-state index is -0.587. The Kier molecular flexibility index (Phi) is 5.49. The van der Waals surface area contributed by atoms with Crippen LogP contribution in [-0.4, -0.2) is 21.2 Å². The molecule has 31 heavy (non-hydrogen) atoms. The van der Waals surface area contributed by atoms with Crippen molar-refractivity contribution in [1.82, 2.24) is 14.9 Å². The second kappa shape index (κ2) is 8.39. The van der Waals surface area contributed by atoms with Gasteiger partial charge in [0, 0.05) is 30.6 Å². The topological polar surface area (TPSA) is 77.1 Å². The number of ketones is 1. The molecule has 1 atom stereocenters. The molecule has 0 bridgehead atoms. The Balaban J connectivity index is 1.59. The van der Waals surface area contributed by atoms with Gasteiger partial charge in [-0.2, -0.15) is 0 Å². The van der Waals surface area contributed by atoms with Crippen molar-refractivity contribution in [3.05, 3.63) is 102 Å². The number of amides is 1. The zero-order chi connectivity index (χ0) is 22.0. The molecule has 1 amide bonds. The zero-order valence-electron chi connectivity index (χ0n) is 17.0. The molecule has 2 heterocycles. The molecule has 0 saturated heterocycles. The number of halogens is 1. The number of aromatic nitrogens is 2. The largest absolute Gasteiger partial charge is 0.451 e. The van der Waals surface area contributed by atoms with Gasteiger partial charge in [-0.15, -0.1) is 0 Å². The number of rotatable bonds is 6. The highest BCUT2D eigenvalue weighted by atomic mass is 19.1. The summed E-state index contributed by atoms with van der Waals surface area (Å²) in [6.07, 6.45) is 3.40. The minimum absolute atomic E-state index is 0.0211. The van der Waals surface area contributed by atoms with Crippen LogP contribution in [0.4, 0.5) is 4.39 Å². The van der Waals surface area contributed by atoms with Crippen LogP contribution in [0.25, 0.3) is 11.3 Å². The summed E-state index contributed by atoms with van der Waals surface area (Å²) in [5.74, 6) is 0.436. The van der Waals surface area contributed by atoms with E-state index in [2.05, 4.69) is 10.3 Å². The van der Waals surface area contributed by atoms with Crippen LogP contribution in [0.15, 0.2) is 77.5 Å². The molecule has 0 saturated carbocycles. The Labute approximate surface area is 178 Å². The van der Waals surface area contributed by atoms with Gasteiger partial charge in [0.05, 0.1) is 0 Å². The van der Waals surface area contributed by atoms with Gasteiger partial charge in [-0.3, -0.25) is 9.59 Å². The van der Waals surface area contributed by atoms with Crippen molar-refractivity contribution >= 4 is 11.7 Å². The van der Waals surface area contributed by atoms with Gasteiger partial charge in [0.1, 0.15) is 23.4 Å². The lowest BCUT2D eigenvalue weighted by atomic mass is 10.1. The summed E-state index contributed by atoms with van der Waals surface area (Å²) in [4.78, 5) is 28.7. The van der Waals surface area contributed by atoms with E-state index in [1.54, 1.807) is 65.5 Å². The zero-order valence-corrected chi connectivity index (χ0v) is 17.0. The number of furan rings is 1. The molecule has 0 aliphatic carbocycles. The summed E-state index contributed by atoms with van der Waals surface area (Å²) >= 11 is 0. The van der Waals surface area contributed by atoms with E-state index in [0.29, 0.717) is 22.7 Å². The molecule has 2 aromatic heterocycles. The first-order chi connectivity index (χ1) is 14.9. The smallest absolute Gasteiger partial charge is 0.287 e. The molecule has 4 rings (SSSR count). The van der Waals surface area contributed by atoms with Crippen LogP contribution in [0.1, 0.15) is 45.3 Å². The normalized spacial score (nSPS) is 11.8. The molecule has 1 unspecified atom stereocenters. The molecule has 0 fully saturated rings. The summed E-state index contributed by atoms with van der Waals surface area (Å²) in [5, 5.41) is 2.92. The lowest BCUT2D eigenvalue weighted by Crippen LogP contribution is -2.30. The molecule has 0 radical (unpaired) electrons. The maximum absolute atomic E-state index is 13.4. The van der Waals surface area contributed by atoms with Crippen LogP contribution in [0.2, 0.25) is 0 Å². The molecule has 0 aliphatic rings. The Morgan fingerprint density at radius 3 is 2.35 bits per heavy atom. The lowest BCUT2D eigenvalue weighted by molar-refractivity contribution is 0.0913. The maximum atomic E-state index is 13.4. The third kappa shape index (κ3) is 4.30. The molecule has 0 aliphatic heterocycles. The van der Waals surface area contributed by atoms with Crippen molar-refractivity contribution in [3.63, 3.8) is 0 Å². The van der Waals surface area contributed by atoms with Gasteiger partial charge >= 0.3 is 0 Å². The molecule has 0 spiro atoms. The fourth-order valence-electron chi connectivity index (χ4n) is 3.29. The van der Waals surface area contributed by atoms with E-state index < -0.39 is 11.9 Å². The van der Waals surface area contributed by atoms with Gasteiger partial charge in [0.25, 0.3) is 5.91 Å². The van der Waals surface area contributed by atoms with Crippen LogP contribution in [0, 0.1) is 5.82 Å². The first-order valence-electron chi connectivity index (χ1n) is 9.67. The molecule has 2 aromatic carbocycles. The van der Waals surface area contributed by atoms with Crippen molar-refractivity contribution in [2.24, 2.45) is 7.05 Å². The molecule has 4 aromatic rings. The van der Waals surface area contributed by atoms with Crippen molar-refractivity contribution in [3.8, 4) is 11.3 Å². The molecular formula is C24H20FN3O3. The third-order valence-electron chi connectivity index (χ3n) is 5.00. The second-order valence-electron chi connectivity index (χ2n) is 7.15. The Morgan fingerprint density at radius 2 is 1.74 bits per heavy atom. The van der Waals surface area contributed by atoms with Gasteiger partial charge in [-0.1, -0.05) is 36.4 Å². The Morgan fingerprint density at radius 1 is 1.03 bits per heavy atom. The molecular weight excluding hydrogens is 397 g/mol. The van der Waals surface area contributed by atoms with Crippen LogP contribution in [-0.2, 0) is 7.05 Å². The second-order valence-corrected chi connectivity index (χ2v) is 7.15. The number of nitrogens with zero attached hydrogens (tertiary/aromatic N) is 2.